The van der Waals surface area contributed by atoms with E-state index in [-0.39, 0.29) is 5.76 Å². The highest BCUT2D eigenvalue weighted by Crippen LogP contribution is 2.23. The van der Waals surface area contributed by atoms with Crippen molar-refractivity contribution in [3.8, 4) is 0 Å². The van der Waals surface area contributed by atoms with Gasteiger partial charge in [0.05, 0.1) is 4.92 Å². The molecule has 0 aliphatic carbocycles. The van der Waals surface area contributed by atoms with Crippen LogP contribution < -0.4 is 0 Å². The maximum atomic E-state index is 10.4. The van der Waals surface area contributed by atoms with Gasteiger partial charge in [0.1, 0.15) is 0 Å². The van der Waals surface area contributed by atoms with Gasteiger partial charge in [-0.3, -0.25) is 10.1 Å². The van der Waals surface area contributed by atoms with Crippen molar-refractivity contribution in [1.29, 1.82) is 1.43 Å². The first kappa shape index (κ1) is 8.91. The summed E-state index contributed by atoms with van der Waals surface area (Å²) in [6.45, 7) is 0. The SMILES string of the molecule is [3H]O/C(=C/[N+](=O)[O-])c1cccc2ccccc12. The number of aliphatic hydroxyl groups is 1. The van der Waals surface area contributed by atoms with Gasteiger partial charge in [0, 0.05) is 5.56 Å². The number of nitrogens with zero attached hydrogens (tertiary/aromatic N) is 1. The first-order valence-corrected chi connectivity index (χ1v) is 4.69. The molecule has 0 radical (unpaired) electrons. The van der Waals surface area contributed by atoms with Crippen LogP contribution >= 0.6 is 0 Å². The van der Waals surface area contributed by atoms with E-state index >= 15 is 0 Å². The second-order valence-electron chi connectivity index (χ2n) is 3.31. The van der Waals surface area contributed by atoms with E-state index in [4.69, 9.17) is 1.43 Å². The molecule has 4 nitrogen and oxygen atoms in total. The van der Waals surface area contributed by atoms with E-state index in [1.807, 2.05) is 30.3 Å². The summed E-state index contributed by atoms with van der Waals surface area (Å²) in [7, 11) is 0. The van der Waals surface area contributed by atoms with Crippen molar-refractivity contribution < 1.29 is 10.0 Å². The lowest BCUT2D eigenvalue weighted by Crippen LogP contribution is -1.91. The molecule has 0 aliphatic rings. The van der Waals surface area contributed by atoms with Crippen LogP contribution in [-0.4, -0.2) is 10.0 Å². The molecule has 80 valence electrons. The normalized spacial score (nSPS) is 12.2. The second-order valence-corrected chi connectivity index (χ2v) is 3.31. The molecule has 0 saturated heterocycles. The summed E-state index contributed by atoms with van der Waals surface area (Å²) in [5.41, 5.74) is 0.537. The second kappa shape index (κ2) is 4.02. The molecule has 2 aromatic carbocycles. The van der Waals surface area contributed by atoms with Gasteiger partial charge in [0.15, 0.2) is 5.76 Å². The maximum Gasteiger partial charge on any atom is 0.293 e. The number of aliphatic hydroxyl groups excluding tert-OH is 1. The lowest BCUT2D eigenvalue weighted by atomic mass is 10.0. The van der Waals surface area contributed by atoms with Gasteiger partial charge in [-0.2, -0.15) is 0 Å². The molecule has 0 aliphatic heterocycles. The van der Waals surface area contributed by atoms with Crippen LogP contribution in [0.3, 0.4) is 0 Å². The minimum absolute atomic E-state index is 0.0770. The number of nitro groups is 1. The van der Waals surface area contributed by atoms with Crippen molar-refractivity contribution in [2.24, 2.45) is 0 Å². The summed E-state index contributed by atoms with van der Waals surface area (Å²) < 4.78 is 6.89. The maximum absolute atomic E-state index is 10.4. The Hall–Kier alpha value is -2.36. The standard InChI is InChI=1S/C12H9NO3/c14-12(8-13(15)16)11-7-3-5-9-4-1-2-6-10(9)11/h1-8,14H/b12-8+/i/hT. The summed E-state index contributed by atoms with van der Waals surface area (Å²) in [6, 6.07) is 12.8. The first-order chi connectivity index (χ1) is 8.22. The number of rotatable bonds is 3. The molecule has 0 amide bonds. The fourth-order valence-corrected chi connectivity index (χ4v) is 1.61. The van der Waals surface area contributed by atoms with Gasteiger partial charge in [-0.05, 0) is 10.8 Å². The third-order valence-corrected chi connectivity index (χ3v) is 2.28. The smallest absolute Gasteiger partial charge is 0.293 e. The molecule has 0 unspecified atom stereocenters. The van der Waals surface area contributed by atoms with Crippen LogP contribution in [0.15, 0.2) is 48.7 Å². The summed E-state index contributed by atoms with van der Waals surface area (Å²) in [5, 5.41) is 16.5. The molecule has 0 bridgehead atoms. The Labute approximate surface area is 93.1 Å². The van der Waals surface area contributed by atoms with Crippen LogP contribution in [0.1, 0.15) is 5.56 Å². The molecule has 0 atom stereocenters. The molecule has 16 heavy (non-hydrogen) atoms. The first-order valence-electron chi connectivity index (χ1n) is 5.10. The minimum Gasteiger partial charge on any atom is -0.502 e. The van der Waals surface area contributed by atoms with Gasteiger partial charge in [-0.25, -0.2) is 0 Å². The van der Waals surface area contributed by atoms with Crippen molar-refractivity contribution in [1.82, 2.24) is 0 Å². The molecule has 2 aromatic rings. The zero-order chi connectivity index (χ0) is 12.3. The van der Waals surface area contributed by atoms with E-state index in [2.05, 4.69) is 5.11 Å². The van der Waals surface area contributed by atoms with Gasteiger partial charge in [-0.1, -0.05) is 42.5 Å². The Bertz CT molecular complexity index is 590. The fraction of sp³-hybridized carbons (Fsp3) is 0. The summed E-state index contributed by atoms with van der Waals surface area (Å²) in [6.07, 6.45) is 0.689. The van der Waals surface area contributed by atoms with Crippen LogP contribution in [-0.2, 0) is 0 Å². The van der Waals surface area contributed by atoms with E-state index in [1.54, 1.807) is 12.1 Å². The van der Waals surface area contributed by atoms with E-state index in [9.17, 15) is 10.1 Å². The Morgan fingerprint density at radius 3 is 2.81 bits per heavy atom. The highest BCUT2D eigenvalue weighted by atomic mass is 16.6. The Morgan fingerprint density at radius 2 is 2.06 bits per heavy atom. The monoisotopic (exact) mass is 217 g/mol. The Kier molecular flexibility index (Phi) is 2.24. The highest BCUT2D eigenvalue weighted by molar-refractivity contribution is 5.92. The van der Waals surface area contributed by atoms with E-state index in [1.165, 1.54) is 0 Å². The van der Waals surface area contributed by atoms with Gasteiger partial charge in [-0.15, -0.1) is 0 Å². The molecule has 1 N–H and O–H groups in total. The fourth-order valence-electron chi connectivity index (χ4n) is 1.61. The van der Waals surface area contributed by atoms with Crippen LogP contribution in [0.5, 0.6) is 0 Å². The van der Waals surface area contributed by atoms with Crippen LogP contribution in [0, 0.1) is 10.1 Å². The van der Waals surface area contributed by atoms with Gasteiger partial charge < -0.3 is 5.11 Å². The molecule has 2 rings (SSSR count). The molecule has 0 aromatic heterocycles. The molecular formula is C12H9NO3. The van der Waals surface area contributed by atoms with Crippen molar-refractivity contribution in [3.05, 3.63) is 64.3 Å². The quantitative estimate of drug-likeness (QED) is 0.488. The minimum atomic E-state index is -0.633. The highest BCUT2D eigenvalue weighted by Gasteiger charge is 2.07. The van der Waals surface area contributed by atoms with Crippen LogP contribution in [0.25, 0.3) is 18.0 Å². The molecule has 0 fully saturated rings. The third-order valence-electron chi connectivity index (χ3n) is 2.28. The molecule has 4 heteroatoms. The predicted octanol–water partition coefficient (Wildman–Crippen LogP) is 2.97. The zero-order valence-corrected chi connectivity index (χ0v) is 8.29. The van der Waals surface area contributed by atoms with Crippen molar-refractivity contribution in [2.75, 3.05) is 0 Å². The number of hydrogen-bond acceptors (Lipinski definition) is 3. The summed E-state index contributed by atoms with van der Waals surface area (Å²) >= 11 is 0. The van der Waals surface area contributed by atoms with Gasteiger partial charge >= 0.3 is 0 Å². The largest absolute Gasteiger partial charge is 0.502 e. The zero-order valence-electron chi connectivity index (χ0n) is 9.29. The molecular weight excluding hydrogens is 206 g/mol. The summed E-state index contributed by atoms with van der Waals surface area (Å²) in [4.78, 5) is 9.81. The molecule has 0 saturated carbocycles. The lowest BCUT2D eigenvalue weighted by Gasteiger charge is -2.03. The Morgan fingerprint density at radius 1 is 1.31 bits per heavy atom. The summed E-state index contributed by atoms with van der Waals surface area (Å²) in [5.74, 6) is -0.0770. The predicted molar refractivity (Wildman–Crippen MR) is 61.5 cm³/mol. The average molecular weight is 217 g/mol. The third kappa shape index (κ3) is 1.86. The van der Waals surface area contributed by atoms with Gasteiger partial charge in [0.25, 0.3) is 7.63 Å². The van der Waals surface area contributed by atoms with Gasteiger partial charge in [0.2, 0.25) is 0 Å². The number of hydrogen-bond donors (Lipinski definition) is 1. The van der Waals surface area contributed by atoms with E-state index in [0.29, 0.717) is 11.8 Å². The number of benzene rings is 2. The lowest BCUT2D eigenvalue weighted by molar-refractivity contribution is -0.402. The number of fused-ring (bicyclic) bond motifs is 1. The average Bonchev–Trinajstić information content (AvgIpc) is 2.35. The molecule has 0 heterocycles. The van der Waals surface area contributed by atoms with Crippen LogP contribution in [0.2, 0.25) is 0 Å². The van der Waals surface area contributed by atoms with Crippen molar-refractivity contribution in [2.45, 2.75) is 0 Å². The van der Waals surface area contributed by atoms with Crippen molar-refractivity contribution in [3.63, 3.8) is 0 Å². The van der Waals surface area contributed by atoms with E-state index in [0.717, 1.165) is 10.8 Å². The van der Waals surface area contributed by atoms with Crippen molar-refractivity contribution >= 4 is 16.5 Å². The Balaban J connectivity index is 2.65. The topological polar surface area (TPSA) is 63.4 Å². The van der Waals surface area contributed by atoms with Crippen LogP contribution in [0.4, 0.5) is 0 Å². The van der Waals surface area contributed by atoms with E-state index < -0.39 is 4.92 Å². The molecule has 0 spiro atoms.